The number of nitrogens with one attached hydrogen (secondary N) is 1. The smallest absolute Gasteiger partial charge is 0.271 e. The van der Waals surface area contributed by atoms with Gasteiger partial charge in [0, 0.05) is 19.6 Å². The molecule has 1 amide bonds. The molecule has 2 heterocycles. The largest absolute Gasteiger partial charge is 0.391 e. The third-order valence-electron chi connectivity index (χ3n) is 2.71. The van der Waals surface area contributed by atoms with Gasteiger partial charge in [0.15, 0.2) is 11.5 Å². The van der Waals surface area contributed by atoms with Crippen LogP contribution in [0.5, 0.6) is 0 Å². The molecule has 92 valence electrons. The molecule has 1 aromatic rings. The quantitative estimate of drug-likeness (QED) is 0.759. The van der Waals surface area contributed by atoms with Gasteiger partial charge in [0.05, 0.1) is 6.10 Å². The number of anilines is 1. The van der Waals surface area contributed by atoms with E-state index in [1.807, 2.05) is 11.8 Å². The number of nitrogens with zero attached hydrogens (tertiary/aromatic N) is 3. The Balaban J connectivity index is 2.05. The number of hydrogen-bond acceptors (Lipinski definition) is 5. The minimum atomic E-state index is -0.292. The van der Waals surface area contributed by atoms with Crippen molar-refractivity contribution in [1.29, 1.82) is 0 Å². The van der Waals surface area contributed by atoms with E-state index in [1.165, 1.54) is 0 Å². The highest BCUT2D eigenvalue weighted by Gasteiger charge is 2.21. The maximum atomic E-state index is 11.5. The third-order valence-corrected chi connectivity index (χ3v) is 2.71. The second-order valence-electron chi connectivity index (χ2n) is 4.02. The topological polar surface area (TPSA) is 78.4 Å². The van der Waals surface area contributed by atoms with E-state index in [4.69, 9.17) is 0 Å². The van der Waals surface area contributed by atoms with Crippen LogP contribution in [0, 0.1) is 0 Å². The van der Waals surface area contributed by atoms with E-state index in [0.717, 1.165) is 13.0 Å². The van der Waals surface area contributed by atoms with E-state index < -0.39 is 0 Å². The monoisotopic (exact) mass is 236 g/mol. The van der Waals surface area contributed by atoms with Crippen LogP contribution in [-0.4, -0.2) is 46.9 Å². The van der Waals surface area contributed by atoms with Gasteiger partial charge in [0.1, 0.15) is 0 Å². The van der Waals surface area contributed by atoms with Crippen molar-refractivity contribution in [3.05, 3.63) is 17.8 Å². The van der Waals surface area contributed by atoms with Crippen LogP contribution in [-0.2, 0) is 0 Å². The van der Waals surface area contributed by atoms with Crippen molar-refractivity contribution in [2.24, 2.45) is 0 Å². The van der Waals surface area contributed by atoms with Gasteiger partial charge in [0.25, 0.3) is 5.91 Å². The molecule has 1 saturated heterocycles. The number of carbonyl (C=O) groups is 1. The fraction of sp³-hybridized carbons (Fsp3) is 0.545. The molecule has 1 aliphatic rings. The summed E-state index contributed by atoms with van der Waals surface area (Å²) in [7, 11) is 0. The number of aliphatic hydroxyl groups is 1. The van der Waals surface area contributed by atoms with Crippen LogP contribution < -0.4 is 10.2 Å². The fourth-order valence-electron chi connectivity index (χ4n) is 1.82. The van der Waals surface area contributed by atoms with E-state index in [2.05, 4.69) is 15.5 Å². The Morgan fingerprint density at radius 2 is 2.41 bits per heavy atom. The Morgan fingerprint density at radius 1 is 1.59 bits per heavy atom. The molecular weight excluding hydrogens is 220 g/mol. The van der Waals surface area contributed by atoms with Gasteiger partial charge in [-0.1, -0.05) is 0 Å². The molecule has 0 aliphatic carbocycles. The highest BCUT2D eigenvalue weighted by molar-refractivity contribution is 5.92. The number of carbonyl (C=O) groups excluding carboxylic acids is 1. The summed E-state index contributed by atoms with van der Waals surface area (Å²) in [5.74, 6) is 0.489. The maximum absolute atomic E-state index is 11.5. The molecule has 0 radical (unpaired) electrons. The van der Waals surface area contributed by atoms with Crippen molar-refractivity contribution in [3.8, 4) is 0 Å². The van der Waals surface area contributed by atoms with Crippen molar-refractivity contribution in [1.82, 2.24) is 15.5 Å². The van der Waals surface area contributed by atoms with E-state index in [9.17, 15) is 9.90 Å². The van der Waals surface area contributed by atoms with Gasteiger partial charge in [-0.3, -0.25) is 4.79 Å². The molecule has 0 spiro atoms. The third kappa shape index (κ3) is 2.71. The molecule has 0 aromatic carbocycles. The number of rotatable bonds is 3. The minimum Gasteiger partial charge on any atom is -0.391 e. The lowest BCUT2D eigenvalue weighted by molar-refractivity contribution is 0.0950. The van der Waals surface area contributed by atoms with Crippen molar-refractivity contribution in [2.75, 3.05) is 24.5 Å². The zero-order chi connectivity index (χ0) is 12.3. The second-order valence-corrected chi connectivity index (χ2v) is 4.02. The molecule has 1 aliphatic heterocycles. The summed E-state index contributed by atoms with van der Waals surface area (Å²) in [6.07, 6.45) is 0.458. The summed E-state index contributed by atoms with van der Waals surface area (Å²) in [5.41, 5.74) is 0.315. The summed E-state index contributed by atoms with van der Waals surface area (Å²) < 4.78 is 0. The van der Waals surface area contributed by atoms with Gasteiger partial charge in [-0.25, -0.2) is 0 Å². The summed E-state index contributed by atoms with van der Waals surface area (Å²) in [4.78, 5) is 13.4. The van der Waals surface area contributed by atoms with Gasteiger partial charge in [-0.15, -0.1) is 10.2 Å². The first kappa shape index (κ1) is 11.8. The molecule has 1 aromatic heterocycles. The number of β-amino-alcohol motifs (C(OH)–C–C–N with tert-alkyl or cyclic N) is 1. The van der Waals surface area contributed by atoms with Crippen LogP contribution in [0.25, 0.3) is 0 Å². The zero-order valence-corrected chi connectivity index (χ0v) is 9.76. The van der Waals surface area contributed by atoms with Gasteiger partial charge in [0.2, 0.25) is 0 Å². The lowest BCUT2D eigenvalue weighted by Gasteiger charge is -2.15. The summed E-state index contributed by atoms with van der Waals surface area (Å²) >= 11 is 0. The Kier molecular flexibility index (Phi) is 3.53. The van der Waals surface area contributed by atoms with Crippen molar-refractivity contribution in [2.45, 2.75) is 19.4 Å². The first-order chi connectivity index (χ1) is 8.20. The van der Waals surface area contributed by atoms with Crippen LogP contribution in [0.3, 0.4) is 0 Å². The molecular formula is C11H16N4O2. The maximum Gasteiger partial charge on any atom is 0.271 e. The summed E-state index contributed by atoms with van der Waals surface area (Å²) in [5, 5.41) is 20.0. The molecule has 0 unspecified atom stereocenters. The molecule has 1 fully saturated rings. The van der Waals surface area contributed by atoms with E-state index in [0.29, 0.717) is 24.6 Å². The number of amides is 1. The van der Waals surface area contributed by atoms with Gasteiger partial charge < -0.3 is 15.3 Å². The molecule has 17 heavy (non-hydrogen) atoms. The van der Waals surface area contributed by atoms with Crippen LogP contribution in [0.4, 0.5) is 5.82 Å². The van der Waals surface area contributed by atoms with Crippen molar-refractivity contribution < 1.29 is 9.90 Å². The Hall–Kier alpha value is -1.69. The Labute approximate surface area is 99.7 Å². The normalized spacial score (nSPS) is 19.4. The lowest BCUT2D eigenvalue weighted by Crippen LogP contribution is -2.26. The first-order valence-corrected chi connectivity index (χ1v) is 5.75. The Bertz CT molecular complexity index is 393. The molecule has 2 rings (SSSR count). The SMILES string of the molecule is CCNC(=O)c1ccc(N2CC[C@H](O)C2)nn1. The first-order valence-electron chi connectivity index (χ1n) is 5.75. The molecule has 1 atom stereocenters. The predicted octanol–water partition coefficient (Wildman–Crippen LogP) is -0.203. The lowest BCUT2D eigenvalue weighted by atomic mass is 10.3. The van der Waals surface area contributed by atoms with E-state index >= 15 is 0 Å². The second kappa shape index (κ2) is 5.09. The standard InChI is InChI=1S/C11H16N4O2/c1-2-12-11(17)9-3-4-10(14-13-9)15-6-5-8(16)7-15/h3-4,8,16H,2,5-7H2,1H3,(H,12,17)/t8-/m0/s1. The van der Waals surface area contributed by atoms with E-state index in [-0.39, 0.29) is 12.0 Å². The fourth-order valence-corrected chi connectivity index (χ4v) is 1.82. The molecule has 6 nitrogen and oxygen atoms in total. The highest BCUT2D eigenvalue weighted by atomic mass is 16.3. The highest BCUT2D eigenvalue weighted by Crippen LogP contribution is 2.16. The molecule has 6 heteroatoms. The van der Waals surface area contributed by atoms with Crippen LogP contribution in [0.15, 0.2) is 12.1 Å². The zero-order valence-electron chi connectivity index (χ0n) is 9.76. The number of aromatic nitrogens is 2. The predicted molar refractivity (Wildman–Crippen MR) is 62.9 cm³/mol. The van der Waals surface area contributed by atoms with Crippen LogP contribution >= 0.6 is 0 Å². The van der Waals surface area contributed by atoms with Gasteiger partial charge >= 0.3 is 0 Å². The van der Waals surface area contributed by atoms with Gasteiger partial charge in [-0.2, -0.15) is 0 Å². The van der Waals surface area contributed by atoms with Crippen molar-refractivity contribution >= 4 is 11.7 Å². The number of hydrogen-bond donors (Lipinski definition) is 2. The minimum absolute atomic E-state index is 0.215. The Morgan fingerprint density at radius 3 is 2.94 bits per heavy atom. The van der Waals surface area contributed by atoms with Crippen LogP contribution in [0.2, 0.25) is 0 Å². The number of aliphatic hydroxyl groups excluding tert-OH is 1. The summed E-state index contributed by atoms with van der Waals surface area (Å²) in [6, 6.07) is 3.41. The summed E-state index contributed by atoms with van der Waals surface area (Å²) in [6.45, 7) is 3.78. The average molecular weight is 236 g/mol. The average Bonchev–Trinajstić information content (AvgIpc) is 2.76. The van der Waals surface area contributed by atoms with Crippen molar-refractivity contribution in [3.63, 3.8) is 0 Å². The van der Waals surface area contributed by atoms with Gasteiger partial charge in [-0.05, 0) is 25.5 Å². The molecule has 0 saturated carbocycles. The molecule has 2 N–H and O–H groups in total. The van der Waals surface area contributed by atoms with Crippen LogP contribution in [0.1, 0.15) is 23.8 Å². The van der Waals surface area contributed by atoms with E-state index in [1.54, 1.807) is 12.1 Å². The molecule has 0 bridgehead atoms.